The van der Waals surface area contributed by atoms with Gasteiger partial charge in [-0.15, -0.1) is 0 Å². The van der Waals surface area contributed by atoms with Crippen LogP contribution in [0.2, 0.25) is 18.1 Å². The van der Waals surface area contributed by atoms with Crippen LogP contribution in [0.25, 0.3) is 11.2 Å². The second kappa shape index (κ2) is 9.37. The van der Waals surface area contributed by atoms with E-state index in [1.54, 1.807) is 12.7 Å². The van der Waals surface area contributed by atoms with Crippen LogP contribution in [0.3, 0.4) is 0 Å². The van der Waals surface area contributed by atoms with Gasteiger partial charge in [0.05, 0.1) is 6.33 Å². The van der Waals surface area contributed by atoms with Crippen molar-refractivity contribution in [3.8, 4) is 11.8 Å². The molecule has 2 aromatic rings. The van der Waals surface area contributed by atoms with Gasteiger partial charge in [-0.1, -0.05) is 26.7 Å². The average Bonchev–Trinajstić information content (AvgIpc) is 3.12. The molecule has 1 atom stereocenters. The predicted octanol–water partition coefficient (Wildman–Crippen LogP) is 5.07. The molecule has 0 N–H and O–H groups in total. The Morgan fingerprint density at radius 3 is 2.76 bits per heavy atom. The van der Waals surface area contributed by atoms with Crippen molar-refractivity contribution in [3.05, 3.63) is 18.3 Å². The average molecular weight is 415 g/mol. The van der Waals surface area contributed by atoms with Crippen molar-refractivity contribution < 1.29 is 9.16 Å². The van der Waals surface area contributed by atoms with E-state index in [0.717, 1.165) is 56.5 Å². The maximum atomic E-state index is 6.22. The quantitative estimate of drug-likeness (QED) is 0.375. The Bertz CT molecular complexity index is 870. The van der Waals surface area contributed by atoms with E-state index in [4.69, 9.17) is 9.16 Å². The highest BCUT2D eigenvalue weighted by atomic mass is 28.4. The number of nitrogens with zero attached hydrogens (tertiary/aromatic N) is 4. The largest absolute Gasteiger partial charge is 0.417 e. The van der Waals surface area contributed by atoms with E-state index < -0.39 is 8.32 Å². The van der Waals surface area contributed by atoms with Crippen LogP contribution in [-0.2, 0) is 9.16 Å². The fourth-order valence-electron chi connectivity index (χ4n) is 3.10. The van der Waals surface area contributed by atoms with Crippen LogP contribution < -0.4 is 0 Å². The van der Waals surface area contributed by atoms with Crippen molar-refractivity contribution >= 4 is 19.5 Å². The normalized spacial score (nSPS) is 17.9. The molecule has 0 saturated carbocycles. The van der Waals surface area contributed by atoms with Crippen LogP contribution in [0.4, 0.5) is 0 Å². The molecule has 1 aliphatic rings. The molecule has 0 aromatic carbocycles. The Morgan fingerprint density at radius 2 is 2.03 bits per heavy atom. The van der Waals surface area contributed by atoms with Gasteiger partial charge >= 0.3 is 0 Å². The first kappa shape index (κ1) is 21.9. The number of aromatic nitrogens is 4. The zero-order chi connectivity index (χ0) is 20.9. The molecule has 0 radical (unpaired) electrons. The van der Waals surface area contributed by atoms with E-state index in [2.05, 4.69) is 60.7 Å². The molecule has 1 aliphatic heterocycles. The summed E-state index contributed by atoms with van der Waals surface area (Å²) in [5, 5.41) is 0.261. The SMILES string of the molecule is CC(C)(C)[Si](C)(C)OCCCCC#Cc1ncnc2c1ncn2C1CCCCO1. The van der Waals surface area contributed by atoms with E-state index >= 15 is 0 Å². The molecule has 3 rings (SSSR count). The molecule has 158 valence electrons. The van der Waals surface area contributed by atoms with E-state index in [-0.39, 0.29) is 11.3 Å². The van der Waals surface area contributed by atoms with E-state index in [9.17, 15) is 0 Å². The smallest absolute Gasteiger partial charge is 0.191 e. The zero-order valence-electron chi connectivity index (χ0n) is 18.5. The molecule has 2 aromatic heterocycles. The highest BCUT2D eigenvalue weighted by Crippen LogP contribution is 2.36. The third kappa shape index (κ3) is 5.44. The summed E-state index contributed by atoms with van der Waals surface area (Å²) in [5.41, 5.74) is 2.26. The van der Waals surface area contributed by atoms with Gasteiger partial charge < -0.3 is 9.16 Å². The van der Waals surface area contributed by atoms with Crippen molar-refractivity contribution in [3.63, 3.8) is 0 Å². The number of ether oxygens (including phenoxy) is 1. The summed E-state index contributed by atoms with van der Waals surface area (Å²) >= 11 is 0. The van der Waals surface area contributed by atoms with Crippen LogP contribution in [0.5, 0.6) is 0 Å². The van der Waals surface area contributed by atoms with Crippen LogP contribution in [-0.4, -0.2) is 41.1 Å². The maximum Gasteiger partial charge on any atom is 0.191 e. The van der Waals surface area contributed by atoms with Gasteiger partial charge in [0, 0.05) is 19.6 Å². The molecule has 0 aliphatic carbocycles. The number of fused-ring (bicyclic) bond motifs is 1. The maximum absolute atomic E-state index is 6.22. The van der Waals surface area contributed by atoms with Crippen molar-refractivity contribution in [2.24, 2.45) is 0 Å². The van der Waals surface area contributed by atoms with Gasteiger partial charge in [-0.25, -0.2) is 15.0 Å². The number of unbranched alkanes of at least 4 members (excludes halogenated alkanes) is 2. The van der Waals surface area contributed by atoms with Gasteiger partial charge in [-0.2, -0.15) is 0 Å². The minimum atomic E-state index is -1.64. The molecule has 6 nitrogen and oxygen atoms in total. The molecular formula is C22H34N4O2Si. The van der Waals surface area contributed by atoms with E-state index in [1.807, 2.05) is 4.57 Å². The third-order valence-electron chi connectivity index (χ3n) is 6.00. The zero-order valence-corrected chi connectivity index (χ0v) is 19.5. The van der Waals surface area contributed by atoms with E-state index in [1.165, 1.54) is 6.42 Å². The lowest BCUT2D eigenvalue weighted by molar-refractivity contribution is -0.0298. The van der Waals surface area contributed by atoms with Crippen molar-refractivity contribution in [1.82, 2.24) is 19.5 Å². The molecule has 3 heterocycles. The molecule has 1 fully saturated rings. The number of hydrogen-bond donors (Lipinski definition) is 0. The molecule has 7 heteroatoms. The fraction of sp³-hybridized carbons (Fsp3) is 0.682. The summed E-state index contributed by atoms with van der Waals surface area (Å²) in [6, 6.07) is 0. The topological polar surface area (TPSA) is 62.1 Å². The number of rotatable bonds is 6. The van der Waals surface area contributed by atoms with Crippen molar-refractivity contribution in [2.75, 3.05) is 13.2 Å². The Kier molecular flexibility index (Phi) is 7.09. The van der Waals surface area contributed by atoms with Crippen LogP contribution >= 0.6 is 0 Å². The summed E-state index contributed by atoms with van der Waals surface area (Å²) in [7, 11) is -1.64. The molecule has 0 spiro atoms. The molecule has 0 amide bonds. The predicted molar refractivity (Wildman–Crippen MR) is 118 cm³/mol. The summed E-state index contributed by atoms with van der Waals surface area (Å²) in [5.74, 6) is 6.43. The molecule has 1 saturated heterocycles. The molecule has 0 bridgehead atoms. The number of imidazole rings is 1. The van der Waals surface area contributed by atoms with Gasteiger partial charge in [0.15, 0.2) is 14.0 Å². The summed E-state index contributed by atoms with van der Waals surface area (Å²) in [6.07, 6.45) is 9.57. The van der Waals surface area contributed by atoms with Crippen LogP contribution in [0.15, 0.2) is 12.7 Å². The van der Waals surface area contributed by atoms with Crippen molar-refractivity contribution in [2.45, 2.75) is 83.7 Å². The summed E-state index contributed by atoms with van der Waals surface area (Å²) in [4.78, 5) is 13.3. The Balaban J connectivity index is 1.54. The van der Waals surface area contributed by atoms with Gasteiger partial charge in [-0.05, 0) is 56.2 Å². The first-order valence-electron chi connectivity index (χ1n) is 10.7. The first-order valence-corrected chi connectivity index (χ1v) is 13.6. The second-order valence-electron chi connectivity index (χ2n) is 9.24. The molecular weight excluding hydrogens is 380 g/mol. The summed E-state index contributed by atoms with van der Waals surface area (Å²) < 4.78 is 14.1. The van der Waals surface area contributed by atoms with E-state index in [0.29, 0.717) is 5.69 Å². The lowest BCUT2D eigenvalue weighted by Crippen LogP contribution is -2.40. The first-order chi connectivity index (χ1) is 13.8. The Hall–Kier alpha value is -1.75. The van der Waals surface area contributed by atoms with Crippen LogP contribution in [0.1, 0.15) is 71.2 Å². The Labute approximate surface area is 175 Å². The number of hydrogen-bond acceptors (Lipinski definition) is 5. The minimum Gasteiger partial charge on any atom is -0.417 e. The standard InChI is InChI=1S/C22H34N4O2Si/c1-22(2,3)29(4,5)28-15-10-7-6-8-12-18-20-21(24-16-23-18)26(17-25-20)19-13-9-11-14-27-19/h16-17,19H,6-7,9-11,13-15H2,1-5H3. The molecule has 29 heavy (non-hydrogen) atoms. The van der Waals surface area contributed by atoms with Gasteiger partial charge in [0.1, 0.15) is 23.8 Å². The highest BCUT2D eigenvalue weighted by Gasteiger charge is 2.36. The monoisotopic (exact) mass is 414 g/mol. The van der Waals surface area contributed by atoms with Crippen molar-refractivity contribution in [1.29, 1.82) is 0 Å². The van der Waals surface area contributed by atoms with Crippen LogP contribution in [0, 0.1) is 11.8 Å². The summed E-state index contributed by atoms with van der Waals surface area (Å²) in [6.45, 7) is 13.0. The minimum absolute atomic E-state index is 0.0189. The van der Waals surface area contributed by atoms with Gasteiger partial charge in [-0.3, -0.25) is 4.57 Å². The lowest BCUT2D eigenvalue weighted by Gasteiger charge is -2.36. The second-order valence-corrected chi connectivity index (χ2v) is 14.0. The third-order valence-corrected chi connectivity index (χ3v) is 10.5. The highest BCUT2D eigenvalue weighted by molar-refractivity contribution is 6.74. The lowest BCUT2D eigenvalue weighted by atomic mass is 10.2. The molecule has 1 unspecified atom stereocenters. The Morgan fingerprint density at radius 1 is 1.21 bits per heavy atom. The van der Waals surface area contributed by atoms with Gasteiger partial charge in [0.2, 0.25) is 0 Å². The fourth-order valence-corrected chi connectivity index (χ4v) is 4.19. The van der Waals surface area contributed by atoms with Gasteiger partial charge in [0.25, 0.3) is 0 Å².